The van der Waals surface area contributed by atoms with Crippen molar-refractivity contribution in [3.8, 4) is 0 Å². The smallest absolute Gasteiger partial charge is 0.157 e. The predicted molar refractivity (Wildman–Crippen MR) is 92.0 cm³/mol. The molecule has 114 valence electrons. The molecule has 1 aliphatic heterocycles. The number of hydrazone groups is 1. The van der Waals surface area contributed by atoms with Crippen molar-refractivity contribution >= 4 is 11.5 Å². The summed E-state index contributed by atoms with van der Waals surface area (Å²) in [7, 11) is 8.23. The number of amidine groups is 1. The highest BCUT2D eigenvalue weighted by atomic mass is 15.6. The van der Waals surface area contributed by atoms with Gasteiger partial charge in [0.1, 0.15) is 6.17 Å². The summed E-state index contributed by atoms with van der Waals surface area (Å²) < 4.78 is 0. The number of benzene rings is 2. The molecule has 4 nitrogen and oxygen atoms in total. The monoisotopic (exact) mass is 294 g/mol. The van der Waals surface area contributed by atoms with Crippen LogP contribution in [0.2, 0.25) is 0 Å². The molecule has 0 fully saturated rings. The van der Waals surface area contributed by atoms with Crippen molar-refractivity contribution in [1.29, 1.82) is 0 Å². The van der Waals surface area contributed by atoms with Crippen LogP contribution >= 0.6 is 0 Å². The second-order valence-corrected chi connectivity index (χ2v) is 5.83. The van der Waals surface area contributed by atoms with E-state index in [1.165, 1.54) is 11.3 Å². The standard InChI is InChI=1S/C18H22N4/c1-20(2)16-12-10-15(11-13-16)18-21(3)17(19-22(18)4)14-8-6-5-7-9-14/h5-13,18H,1-4H3. The minimum absolute atomic E-state index is 0.131. The van der Waals surface area contributed by atoms with E-state index in [-0.39, 0.29) is 6.17 Å². The third kappa shape index (κ3) is 2.52. The third-order valence-electron chi connectivity index (χ3n) is 4.05. The Morgan fingerprint density at radius 1 is 0.909 bits per heavy atom. The van der Waals surface area contributed by atoms with Crippen LogP contribution in [0.15, 0.2) is 59.7 Å². The molecule has 2 aromatic carbocycles. The van der Waals surface area contributed by atoms with Crippen LogP contribution in [0.4, 0.5) is 5.69 Å². The van der Waals surface area contributed by atoms with Crippen LogP contribution in [-0.2, 0) is 0 Å². The van der Waals surface area contributed by atoms with Gasteiger partial charge in [-0.25, -0.2) is 0 Å². The summed E-state index contributed by atoms with van der Waals surface area (Å²) in [5.41, 5.74) is 3.59. The van der Waals surface area contributed by atoms with Gasteiger partial charge in [0.15, 0.2) is 5.84 Å². The topological polar surface area (TPSA) is 22.1 Å². The van der Waals surface area contributed by atoms with Gasteiger partial charge >= 0.3 is 0 Å². The maximum atomic E-state index is 4.72. The Morgan fingerprint density at radius 3 is 2.14 bits per heavy atom. The van der Waals surface area contributed by atoms with Gasteiger partial charge < -0.3 is 9.80 Å². The van der Waals surface area contributed by atoms with Crippen molar-refractivity contribution < 1.29 is 0 Å². The van der Waals surface area contributed by atoms with Crippen LogP contribution in [0, 0.1) is 0 Å². The Labute approximate surface area is 132 Å². The van der Waals surface area contributed by atoms with Crippen LogP contribution < -0.4 is 4.90 Å². The Hall–Kier alpha value is -2.49. The first-order valence-electron chi connectivity index (χ1n) is 7.45. The summed E-state index contributed by atoms with van der Waals surface area (Å²) in [6, 6.07) is 19.0. The maximum absolute atomic E-state index is 4.72. The highest BCUT2D eigenvalue weighted by Crippen LogP contribution is 2.31. The van der Waals surface area contributed by atoms with Gasteiger partial charge in [-0.15, -0.1) is 0 Å². The second-order valence-electron chi connectivity index (χ2n) is 5.83. The van der Waals surface area contributed by atoms with Gasteiger partial charge in [0.2, 0.25) is 0 Å². The molecule has 0 aromatic heterocycles. The molecule has 1 atom stereocenters. The van der Waals surface area contributed by atoms with E-state index in [0.717, 1.165) is 11.4 Å². The lowest BCUT2D eigenvalue weighted by molar-refractivity contribution is 0.183. The summed E-state index contributed by atoms with van der Waals surface area (Å²) in [6.45, 7) is 0. The van der Waals surface area contributed by atoms with Crippen LogP contribution in [0.1, 0.15) is 17.3 Å². The van der Waals surface area contributed by atoms with Gasteiger partial charge in [0, 0.05) is 39.4 Å². The SMILES string of the molecule is CN(C)c1ccc(C2N(C)N=C(c3ccccc3)N2C)cc1. The number of hydrogen-bond acceptors (Lipinski definition) is 4. The van der Waals surface area contributed by atoms with Crippen molar-refractivity contribution in [3.63, 3.8) is 0 Å². The largest absolute Gasteiger partial charge is 0.378 e. The van der Waals surface area contributed by atoms with E-state index in [1.807, 2.05) is 30.3 Å². The molecule has 0 radical (unpaired) electrons. The van der Waals surface area contributed by atoms with Crippen molar-refractivity contribution in [1.82, 2.24) is 9.91 Å². The zero-order valence-corrected chi connectivity index (χ0v) is 13.6. The van der Waals surface area contributed by atoms with Gasteiger partial charge in [-0.1, -0.05) is 42.5 Å². The molecule has 2 aromatic rings. The molecular formula is C18H22N4. The molecule has 0 saturated heterocycles. The van der Waals surface area contributed by atoms with Gasteiger partial charge in [-0.05, 0) is 17.7 Å². The van der Waals surface area contributed by atoms with E-state index in [9.17, 15) is 0 Å². The fraction of sp³-hybridized carbons (Fsp3) is 0.278. The predicted octanol–water partition coefficient (Wildman–Crippen LogP) is 2.99. The van der Waals surface area contributed by atoms with Gasteiger partial charge in [0.25, 0.3) is 0 Å². The van der Waals surface area contributed by atoms with Gasteiger partial charge in [-0.3, -0.25) is 5.01 Å². The van der Waals surface area contributed by atoms with E-state index in [2.05, 4.69) is 67.3 Å². The lowest BCUT2D eigenvalue weighted by Gasteiger charge is -2.27. The van der Waals surface area contributed by atoms with Crippen LogP contribution in [0.5, 0.6) is 0 Å². The minimum atomic E-state index is 0.131. The molecule has 4 heteroatoms. The van der Waals surface area contributed by atoms with Crippen LogP contribution in [0.25, 0.3) is 0 Å². The Morgan fingerprint density at radius 2 is 1.55 bits per heavy atom. The lowest BCUT2D eigenvalue weighted by Crippen LogP contribution is -2.30. The molecule has 0 N–H and O–H groups in total. The minimum Gasteiger partial charge on any atom is -0.378 e. The normalized spacial score (nSPS) is 17.6. The molecule has 1 aliphatic rings. The molecule has 0 bridgehead atoms. The fourth-order valence-corrected chi connectivity index (χ4v) is 2.87. The molecule has 3 rings (SSSR count). The molecule has 0 saturated carbocycles. The van der Waals surface area contributed by atoms with E-state index >= 15 is 0 Å². The molecule has 1 unspecified atom stereocenters. The molecule has 1 heterocycles. The Kier molecular flexibility index (Phi) is 3.75. The average molecular weight is 294 g/mol. The van der Waals surface area contributed by atoms with Crippen molar-refractivity contribution in [2.24, 2.45) is 5.10 Å². The number of nitrogens with zero attached hydrogens (tertiary/aromatic N) is 4. The zero-order valence-electron chi connectivity index (χ0n) is 13.6. The molecule has 0 spiro atoms. The molecule has 0 amide bonds. The van der Waals surface area contributed by atoms with Crippen molar-refractivity contribution in [3.05, 3.63) is 65.7 Å². The average Bonchev–Trinajstić information content (AvgIpc) is 2.83. The molecule has 22 heavy (non-hydrogen) atoms. The van der Waals surface area contributed by atoms with E-state index in [4.69, 9.17) is 5.10 Å². The second kappa shape index (κ2) is 5.72. The van der Waals surface area contributed by atoms with Gasteiger partial charge in [0.05, 0.1) is 0 Å². The van der Waals surface area contributed by atoms with E-state index in [1.54, 1.807) is 0 Å². The Balaban J connectivity index is 1.87. The summed E-state index contributed by atoms with van der Waals surface area (Å²) >= 11 is 0. The highest BCUT2D eigenvalue weighted by molar-refractivity contribution is 5.99. The zero-order chi connectivity index (χ0) is 15.7. The van der Waals surface area contributed by atoms with Crippen LogP contribution in [0.3, 0.4) is 0 Å². The maximum Gasteiger partial charge on any atom is 0.157 e. The van der Waals surface area contributed by atoms with E-state index in [0.29, 0.717) is 0 Å². The first-order valence-corrected chi connectivity index (χ1v) is 7.45. The van der Waals surface area contributed by atoms with Crippen molar-refractivity contribution in [2.75, 3.05) is 33.1 Å². The highest BCUT2D eigenvalue weighted by Gasteiger charge is 2.30. The molecular weight excluding hydrogens is 272 g/mol. The van der Waals surface area contributed by atoms with Crippen molar-refractivity contribution in [2.45, 2.75) is 6.17 Å². The van der Waals surface area contributed by atoms with E-state index < -0.39 is 0 Å². The quantitative estimate of drug-likeness (QED) is 0.869. The van der Waals surface area contributed by atoms with Crippen LogP contribution in [-0.4, -0.2) is 43.9 Å². The molecule has 0 aliphatic carbocycles. The first-order chi connectivity index (χ1) is 10.6. The summed E-state index contributed by atoms with van der Waals surface area (Å²) in [5, 5.41) is 6.74. The fourth-order valence-electron chi connectivity index (χ4n) is 2.87. The number of rotatable bonds is 3. The summed E-state index contributed by atoms with van der Waals surface area (Å²) in [6.07, 6.45) is 0.131. The Bertz CT molecular complexity index is 661. The first kappa shape index (κ1) is 14.4. The number of hydrogen-bond donors (Lipinski definition) is 0. The number of anilines is 1. The lowest BCUT2D eigenvalue weighted by atomic mass is 10.1. The summed E-state index contributed by atoms with van der Waals surface area (Å²) in [5.74, 6) is 1.00. The summed E-state index contributed by atoms with van der Waals surface area (Å²) in [4.78, 5) is 4.33. The third-order valence-corrected chi connectivity index (χ3v) is 4.05. The van der Waals surface area contributed by atoms with Gasteiger partial charge in [-0.2, -0.15) is 5.10 Å².